The number of nitrogens with zero attached hydrogens (tertiary/aromatic N) is 1. The Bertz CT molecular complexity index is 547. The molecule has 1 saturated carbocycles. The minimum atomic E-state index is -0.693. The van der Waals surface area contributed by atoms with Crippen molar-refractivity contribution in [2.75, 3.05) is 7.11 Å². The van der Waals surface area contributed by atoms with Crippen LogP contribution in [0.2, 0.25) is 0 Å². The van der Waals surface area contributed by atoms with Crippen molar-refractivity contribution in [3.63, 3.8) is 0 Å². The van der Waals surface area contributed by atoms with Crippen molar-refractivity contribution < 1.29 is 13.9 Å². The Hall–Kier alpha value is -1.19. The number of ether oxygens (including phenoxy) is 1. The van der Waals surface area contributed by atoms with Crippen LogP contribution in [0.1, 0.15) is 36.8 Å². The molecule has 0 aliphatic heterocycles. The van der Waals surface area contributed by atoms with Crippen molar-refractivity contribution in [3.8, 4) is 5.75 Å². The normalized spacial score (nSPS) is 17.1. The highest BCUT2D eigenvalue weighted by molar-refractivity contribution is 9.10. The third-order valence-corrected chi connectivity index (χ3v) is 4.61. The first kappa shape index (κ1) is 14.2. The number of aliphatic imine (C=N–C) groups is 1. The molecule has 1 fully saturated rings. The zero-order valence-electron chi connectivity index (χ0n) is 10.9. The van der Waals surface area contributed by atoms with Gasteiger partial charge >= 0.3 is 0 Å². The van der Waals surface area contributed by atoms with Gasteiger partial charge in [-0.2, -0.15) is 4.99 Å². The fraction of sp³-hybridized carbons (Fsp3) is 0.500. The summed E-state index contributed by atoms with van der Waals surface area (Å²) < 4.78 is 19.9. The Morgan fingerprint density at radius 2 is 2.11 bits per heavy atom. The summed E-state index contributed by atoms with van der Waals surface area (Å²) in [6.45, 7) is 1.88. The van der Waals surface area contributed by atoms with Crippen molar-refractivity contribution in [1.29, 1.82) is 0 Å². The lowest BCUT2D eigenvalue weighted by molar-refractivity contribution is 0.355. The smallest absolute Gasteiger partial charge is 0.235 e. The predicted octanol–water partition coefficient (Wildman–Crippen LogP) is 4.01. The van der Waals surface area contributed by atoms with E-state index in [1.807, 2.05) is 6.92 Å². The van der Waals surface area contributed by atoms with Gasteiger partial charge in [0, 0.05) is 10.0 Å². The lowest BCUT2D eigenvalue weighted by Gasteiger charge is -2.27. The highest BCUT2D eigenvalue weighted by atomic mass is 79.9. The maximum Gasteiger partial charge on any atom is 0.235 e. The van der Waals surface area contributed by atoms with Crippen molar-refractivity contribution in [2.45, 2.75) is 38.1 Å². The van der Waals surface area contributed by atoms with Gasteiger partial charge in [0.05, 0.1) is 7.11 Å². The van der Waals surface area contributed by atoms with Gasteiger partial charge in [-0.25, -0.2) is 9.18 Å². The molecule has 0 N–H and O–H groups in total. The van der Waals surface area contributed by atoms with E-state index < -0.39 is 11.4 Å². The van der Waals surface area contributed by atoms with Gasteiger partial charge in [0.1, 0.15) is 5.54 Å². The highest BCUT2D eigenvalue weighted by Crippen LogP contribution is 2.49. The molecule has 0 saturated heterocycles. The first-order chi connectivity index (χ1) is 9.05. The predicted molar refractivity (Wildman–Crippen MR) is 73.7 cm³/mol. The van der Waals surface area contributed by atoms with E-state index >= 15 is 0 Å². The first-order valence-corrected chi connectivity index (χ1v) is 6.97. The molecule has 0 unspecified atom stereocenters. The zero-order chi connectivity index (χ0) is 14.0. The van der Waals surface area contributed by atoms with Crippen LogP contribution in [0, 0.1) is 12.7 Å². The molecular formula is C14H15BrFNO2. The Kier molecular flexibility index (Phi) is 4.07. The van der Waals surface area contributed by atoms with E-state index in [4.69, 9.17) is 4.74 Å². The number of benzene rings is 1. The van der Waals surface area contributed by atoms with Gasteiger partial charge in [-0.15, -0.1) is 0 Å². The molecule has 0 atom stereocenters. The fourth-order valence-electron chi connectivity index (χ4n) is 2.92. The molecule has 0 bridgehead atoms. The minimum absolute atomic E-state index is 0.182. The summed E-state index contributed by atoms with van der Waals surface area (Å²) in [6, 6.07) is 1.38. The Morgan fingerprint density at radius 3 is 2.63 bits per heavy atom. The van der Waals surface area contributed by atoms with Gasteiger partial charge in [0.25, 0.3) is 0 Å². The SMILES string of the molecule is COc1c(F)cc(Br)c(C)c1C1(N=C=O)CCCC1. The molecule has 2 rings (SSSR count). The molecule has 0 amide bonds. The molecule has 1 aliphatic rings. The van der Waals surface area contributed by atoms with Crippen molar-refractivity contribution in [2.24, 2.45) is 4.99 Å². The second-order valence-electron chi connectivity index (χ2n) is 4.82. The Balaban J connectivity index is 2.75. The van der Waals surface area contributed by atoms with E-state index in [2.05, 4.69) is 20.9 Å². The van der Waals surface area contributed by atoms with Gasteiger partial charge < -0.3 is 4.74 Å². The van der Waals surface area contributed by atoms with Crippen molar-refractivity contribution >= 4 is 22.0 Å². The van der Waals surface area contributed by atoms with Crippen molar-refractivity contribution in [3.05, 3.63) is 27.5 Å². The summed E-state index contributed by atoms with van der Waals surface area (Å²) in [7, 11) is 1.43. The van der Waals surface area contributed by atoms with Crippen LogP contribution in [0.4, 0.5) is 4.39 Å². The first-order valence-electron chi connectivity index (χ1n) is 6.18. The van der Waals surface area contributed by atoms with Crippen LogP contribution >= 0.6 is 15.9 Å². The standard InChI is InChI=1S/C14H15BrFNO2/c1-9-10(15)7-11(16)13(19-2)12(9)14(17-8-18)5-3-4-6-14/h7H,3-6H2,1-2H3. The number of rotatable bonds is 3. The maximum absolute atomic E-state index is 14.1. The van der Waals surface area contributed by atoms with E-state index in [1.54, 1.807) is 6.08 Å². The van der Waals surface area contributed by atoms with Crippen LogP contribution < -0.4 is 4.74 Å². The maximum atomic E-state index is 14.1. The Labute approximate surface area is 120 Å². The molecule has 19 heavy (non-hydrogen) atoms. The number of isocyanates is 1. The largest absolute Gasteiger partial charge is 0.493 e. The molecular weight excluding hydrogens is 313 g/mol. The average Bonchev–Trinajstić information content (AvgIpc) is 2.83. The summed E-state index contributed by atoms with van der Waals surface area (Å²) >= 11 is 3.35. The summed E-state index contributed by atoms with van der Waals surface area (Å²) in [5.74, 6) is -0.260. The average molecular weight is 328 g/mol. The number of methoxy groups -OCH3 is 1. The van der Waals surface area contributed by atoms with Crippen LogP contribution in [0.15, 0.2) is 15.5 Å². The van der Waals surface area contributed by atoms with Gasteiger partial charge in [-0.3, -0.25) is 0 Å². The van der Waals surface area contributed by atoms with Crippen molar-refractivity contribution in [1.82, 2.24) is 0 Å². The van der Waals surface area contributed by atoms with Crippen LogP contribution in [0.5, 0.6) is 5.75 Å². The number of carbonyl (C=O) groups excluding carboxylic acids is 1. The van der Waals surface area contributed by atoms with Gasteiger partial charge in [0.15, 0.2) is 11.6 Å². The second kappa shape index (κ2) is 5.43. The van der Waals surface area contributed by atoms with Gasteiger partial charge in [-0.1, -0.05) is 28.8 Å². The third kappa shape index (κ3) is 2.33. The number of hydrogen-bond acceptors (Lipinski definition) is 3. The summed E-state index contributed by atoms with van der Waals surface area (Å²) in [5, 5.41) is 0. The molecule has 0 aromatic heterocycles. The molecule has 1 aliphatic carbocycles. The zero-order valence-corrected chi connectivity index (χ0v) is 12.5. The number of hydrogen-bond donors (Lipinski definition) is 0. The topological polar surface area (TPSA) is 38.7 Å². The van der Waals surface area contributed by atoms with Gasteiger partial charge in [0.2, 0.25) is 6.08 Å². The molecule has 3 nitrogen and oxygen atoms in total. The van der Waals surface area contributed by atoms with Gasteiger partial charge in [-0.05, 0) is 31.4 Å². The lowest BCUT2D eigenvalue weighted by Crippen LogP contribution is -2.22. The molecule has 1 aromatic rings. The summed E-state index contributed by atoms with van der Waals surface area (Å²) in [4.78, 5) is 14.8. The summed E-state index contributed by atoms with van der Waals surface area (Å²) in [6.07, 6.45) is 5.00. The summed E-state index contributed by atoms with van der Waals surface area (Å²) in [5.41, 5.74) is 0.837. The highest BCUT2D eigenvalue weighted by Gasteiger charge is 2.40. The molecule has 102 valence electrons. The van der Waals surface area contributed by atoms with E-state index in [9.17, 15) is 9.18 Å². The van der Waals surface area contributed by atoms with E-state index in [0.29, 0.717) is 10.0 Å². The van der Waals surface area contributed by atoms with Crippen LogP contribution in [0.25, 0.3) is 0 Å². The van der Waals surface area contributed by atoms with E-state index in [1.165, 1.54) is 13.2 Å². The molecule has 1 aromatic carbocycles. The molecule has 0 radical (unpaired) electrons. The quantitative estimate of drug-likeness (QED) is 0.621. The third-order valence-electron chi connectivity index (χ3n) is 3.79. The lowest BCUT2D eigenvalue weighted by atomic mass is 9.85. The number of halogens is 2. The van der Waals surface area contributed by atoms with Crippen LogP contribution in [0.3, 0.4) is 0 Å². The Morgan fingerprint density at radius 1 is 1.47 bits per heavy atom. The van der Waals surface area contributed by atoms with E-state index in [-0.39, 0.29) is 5.75 Å². The van der Waals surface area contributed by atoms with Crippen LogP contribution in [-0.2, 0) is 10.3 Å². The molecule has 5 heteroatoms. The monoisotopic (exact) mass is 327 g/mol. The second-order valence-corrected chi connectivity index (χ2v) is 5.67. The molecule has 0 spiro atoms. The minimum Gasteiger partial charge on any atom is -0.493 e. The molecule has 0 heterocycles. The fourth-order valence-corrected chi connectivity index (χ4v) is 3.32. The van der Waals surface area contributed by atoms with E-state index in [0.717, 1.165) is 31.2 Å². The van der Waals surface area contributed by atoms with Crippen LogP contribution in [-0.4, -0.2) is 13.2 Å².